The molecule has 5 heteroatoms. The van der Waals surface area contributed by atoms with Crippen molar-refractivity contribution in [1.29, 1.82) is 0 Å². The Labute approximate surface area is 141 Å². The van der Waals surface area contributed by atoms with Crippen LogP contribution in [0.5, 0.6) is 0 Å². The Balaban J connectivity index is 1.87. The molecule has 0 N–H and O–H groups in total. The van der Waals surface area contributed by atoms with Crippen molar-refractivity contribution < 1.29 is 4.79 Å². The molecule has 1 amide bonds. The second kappa shape index (κ2) is 6.83. The van der Waals surface area contributed by atoms with Crippen molar-refractivity contribution >= 4 is 16.9 Å². The number of carbonyl (C=O) groups is 1. The summed E-state index contributed by atoms with van der Waals surface area (Å²) in [7, 11) is 1.83. The lowest BCUT2D eigenvalue weighted by molar-refractivity contribution is 0.0740. The molecule has 3 rings (SSSR count). The van der Waals surface area contributed by atoms with Crippen molar-refractivity contribution in [2.75, 3.05) is 7.05 Å². The summed E-state index contributed by atoms with van der Waals surface area (Å²) >= 11 is 0. The highest BCUT2D eigenvalue weighted by atomic mass is 16.2. The van der Waals surface area contributed by atoms with Crippen LogP contribution in [0.3, 0.4) is 0 Å². The summed E-state index contributed by atoms with van der Waals surface area (Å²) in [5.74, 6) is -0.00504. The average Bonchev–Trinajstić information content (AvgIpc) is 3.02. The summed E-state index contributed by atoms with van der Waals surface area (Å²) in [6.07, 6.45) is 4.34. The first-order valence-electron chi connectivity index (χ1n) is 8.22. The highest BCUT2D eigenvalue weighted by molar-refractivity contribution is 5.96. The topological polar surface area (TPSA) is 51.0 Å². The summed E-state index contributed by atoms with van der Waals surface area (Å²) in [5, 5.41) is 5.30. The van der Waals surface area contributed by atoms with Crippen LogP contribution in [-0.2, 0) is 6.54 Å². The van der Waals surface area contributed by atoms with E-state index < -0.39 is 0 Å². The first kappa shape index (κ1) is 16.2. The van der Waals surface area contributed by atoms with Gasteiger partial charge in [-0.25, -0.2) is 9.67 Å². The molecule has 0 saturated heterocycles. The van der Waals surface area contributed by atoms with Gasteiger partial charge in [0.1, 0.15) is 0 Å². The van der Waals surface area contributed by atoms with Crippen LogP contribution in [-0.4, -0.2) is 38.7 Å². The van der Waals surface area contributed by atoms with Crippen molar-refractivity contribution in [1.82, 2.24) is 19.7 Å². The normalized spacial score (nSPS) is 12.3. The molecule has 0 saturated carbocycles. The maximum Gasteiger partial charge on any atom is 0.255 e. The van der Waals surface area contributed by atoms with Gasteiger partial charge in [0.15, 0.2) is 5.65 Å². The molecular formula is C19H22N4O. The van der Waals surface area contributed by atoms with E-state index in [2.05, 4.69) is 29.1 Å². The van der Waals surface area contributed by atoms with E-state index >= 15 is 0 Å². The van der Waals surface area contributed by atoms with Gasteiger partial charge in [-0.2, -0.15) is 5.10 Å². The van der Waals surface area contributed by atoms with Crippen LogP contribution in [0.15, 0.2) is 48.8 Å². The van der Waals surface area contributed by atoms with Crippen LogP contribution in [0, 0.1) is 0 Å². The van der Waals surface area contributed by atoms with Crippen LogP contribution in [0.2, 0.25) is 0 Å². The largest absolute Gasteiger partial charge is 0.339 e. The molecule has 0 fully saturated rings. The molecule has 0 aliphatic carbocycles. The van der Waals surface area contributed by atoms with Gasteiger partial charge in [-0.3, -0.25) is 4.79 Å². The lowest BCUT2D eigenvalue weighted by Gasteiger charge is -2.23. The molecule has 0 radical (unpaired) electrons. The summed E-state index contributed by atoms with van der Waals surface area (Å²) in [5.41, 5.74) is 2.56. The van der Waals surface area contributed by atoms with Crippen LogP contribution < -0.4 is 0 Å². The summed E-state index contributed by atoms with van der Waals surface area (Å²) in [6, 6.07) is 12.2. The van der Waals surface area contributed by atoms with E-state index in [1.54, 1.807) is 17.3 Å². The molecule has 0 unspecified atom stereocenters. The van der Waals surface area contributed by atoms with Gasteiger partial charge in [-0.1, -0.05) is 37.3 Å². The van der Waals surface area contributed by atoms with Crippen LogP contribution in [0.4, 0.5) is 0 Å². The molecule has 5 nitrogen and oxygen atoms in total. The van der Waals surface area contributed by atoms with Gasteiger partial charge in [0, 0.05) is 24.7 Å². The molecule has 3 aromatic rings. The SMILES string of the molecule is CC[C@H](C)N(C)C(=O)c1cnc2c(cnn2Cc2ccccc2)c1. The third kappa shape index (κ3) is 3.15. The highest BCUT2D eigenvalue weighted by Crippen LogP contribution is 2.16. The predicted octanol–water partition coefficient (Wildman–Crippen LogP) is 3.35. The Morgan fingerprint density at radius 3 is 2.71 bits per heavy atom. The minimum atomic E-state index is -0.00504. The first-order valence-corrected chi connectivity index (χ1v) is 8.22. The summed E-state index contributed by atoms with van der Waals surface area (Å²) in [6.45, 7) is 4.78. The summed E-state index contributed by atoms with van der Waals surface area (Å²) < 4.78 is 1.86. The molecule has 1 aromatic carbocycles. The van der Waals surface area contributed by atoms with E-state index in [1.165, 1.54) is 5.56 Å². The van der Waals surface area contributed by atoms with E-state index in [0.717, 1.165) is 17.5 Å². The maximum absolute atomic E-state index is 12.5. The highest BCUT2D eigenvalue weighted by Gasteiger charge is 2.17. The van der Waals surface area contributed by atoms with Crippen LogP contribution in [0.1, 0.15) is 36.2 Å². The number of hydrogen-bond acceptors (Lipinski definition) is 3. The molecule has 0 bridgehead atoms. The van der Waals surface area contributed by atoms with Crippen LogP contribution in [0.25, 0.3) is 11.0 Å². The molecule has 2 heterocycles. The quantitative estimate of drug-likeness (QED) is 0.724. The third-order valence-corrected chi connectivity index (χ3v) is 4.47. The van der Waals surface area contributed by atoms with Gasteiger partial charge < -0.3 is 4.90 Å². The standard InChI is InChI=1S/C19H22N4O/c1-4-14(2)22(3)19(24)17-10-16-12-21-23(18(16)20-11-17)13-15-8-6-5-7-9-15/h5-12,14H,4,13H2,1-3H3/t14-/m0/s1. The Kier molecular flexibility index (Phi) is 4.60. The third-order valence-electron chi connectivity index (χ3n) is 4.47. The number of benzene rings is 1. The number of carbonyl (C=O) groups excluding carboxylic acids is 1. The number of nitrogens with zero attached hydrogens (tertiary/aromatic N) is 4. The Bertz CT molecular complexity index is 841. The van der Waals surface area contributed by atoms with Crippen molar-refractivity contribution in [3.8, 4) is 0 Å². The number of amides is 1. The van der Waals surface area contributed by atoms with Crippen molar-refractivity contribution in [2.45, 2.75) is 32.9 Å². The Morgan fingerprint density at radius 1 is 1.25 bits per heavy atom. The van der Waals surface area contributed by atoms with E-state index in [9.17, 15) is 4.79 Å². The fourth-order valence-corrected chi connectivity index (χ4v) is 2.64. The average molecular weight is 322 g/mol. The zero-order valence-corrected chi connectivity index (χ0v) is 14.3. The van der Waals surface area contributed by atoms with E-state index in [4.69, 9.17) is 0 Å². The van der Waals surface area contributed by atoms with E-state index in [-0.39, 0.29) is 11.9 Å². The predicted molar refractivity (Wildman–Crippen MR) is 94.9 cm³/mol. The fraction of sp³-hybridized carbons (Fsp3) is 0.316. The number of hydrogen-bond donors (Lipinski definition) is 0. The van der Waals surface area contributed by atoms with Crippen molar-refractivity contribution in [3.05, 3.63) is 59.9 Å². The zero-order valence-electron chi connectivity index (χ0n) is 14.3. The molecule has 24 heavy (non-hydrogen) atoms. The fourth-order valence-electron chi connectivity index (χ4n) is 2.64. The smallest absolute Gasteiger partial charge is 0.255 e. The van der Waals surface area contributed by atoms with Crippen molar-refractivity contribution in [2.24, 2.45) is 0 Å². The number of pyridine rings is 1. The van der Waals surface area contributed by atoms with Gasteiger partial charge >= 0.3 is 0 Å². The minimum Gasteiger partial charge on any atom is -0.339 e. The Morgan fingerprint density at radius 2 is 2.00 bits per heavy atom. The lowest BCUT2D eigenvalue weighted by Crippen LogP contribution is -2.34. The minimum absolute atomic E-state index is 0.00504. The monoisotopic (exact) mass is 322 g/mol. The lowest BCUT2D eigenvalue weighted by atomic mass is 10.1. The second-order valence-corrected chi connectivity index (χ2v) is 6.10. The van der Waals surface area contributed by atoms with Crippen LogP contribution >= 0.6 is 0 Å². The second-order valence-electron chi connectivity index (χ2n) is 6.10. The molecule has 124 valence electrons. The maximum atomic E-state index is 12.5. The first-order chi connectivity index (χ1) is 11.6. The number of rotatable bonds is 5. The molecular weight excluding hydrogens is 300 g/mol. The summed E-state index contributed by atoms with van der Waals surface area (Å²) in [4.78, 5) is 18.8. The Hall–Kier alpha value is -2.69. The number of fused-ring (bicyclic) bond motifs is 1. The van der Waals surface area contributed by atoms with E-state index in [0.29, 0.717) is 12.1 Å². The molecule has 0 spiro atoms. The molecule has 0 aliphatic rings. The van der Waals surface area contributed by atoms with Crippen molar-refractivity contribution in [3.63, 3.8) is 0 Å². The van der Waals surface area contributed by atoms with Gasteiger partial charge in [-0.15, -0.1) is 0 Å². The number of aromatic nitrogens is 3. The molecule has 0 aliphatic heterocycles. The van der Waals surface area contributed by atoms with Gasteiger partial charge in [0.2, 0.25) is 0 Å². The molecule has 2 aromatic heterocycles. The zero-order chi connectivity index (χ0) is 17.1. The van der Waals surface area contributed by atoms with E-state index in [1.807, 2.05) is 42.9 Å². The van der Waals surface area contributed by atoms with Gasteiger partial charge in [-0.05, 0) is 25.0 Å². The van der Waals surface area contributed by atoms with Gasteiger partial charge in [0.25, 0.3) is 5.91 Å². The van der Waals surface area contributed by atoms with Gasteiger partial charge in [0.05, 0.1) is 18.3 Å². The molecule has 1 atom stereocenters.